The Hall–Kier alpha value is -3.30. The zero-order chi connectivity index (χ0) is 21.9. The van der Waals surface area contributed by atoms with E-state index in [-0.39, 0.29) is 5.91 Å². The first kappa shape index (κ1) is 20.6. The van der Waals surface area contributed by atoms with Gasteiger partial charge in [-0.2, -0.15) is 5.10 Å². The average Bonchev–Trinajstić information content (AvgIpc) is 3.47. The highest BCUT2D eigenvalue weighted by Crippen LogP contribution is 2.28. The molecule has 3 N–H and O–H groups in total. The van der Waals surface area contributed by atoms with Gasteiger partial charge in [0.05, 0.1) is 11.9 Å². The first-order valence-electron chi connectivity index (χ1n) is 11.1. The number of carbonyl (C=O) groups excluding carboxylic acids is 1. The normalized spacial score (nSPS) is 16.7. The van der Waals surface area contributed by atoms with Crippen LogP contribution in [0.2, 0.25) is 0 Å². The molecule has 2 aliphatic rings. The van der Waals surface area contributed by atoms with Crippen molar-refractivity contribution in [3.05, 3.63) is 59.3 Å². The van der Waals surface area contributed by atoms with Crippen molar-refractivity contribution in [3.63, 3.8) is 0 Å². The maximum atomic E-state index is 12.9. The third-order valence-corrected chi connectivity index (χ3v) is 6.21. The van der Waals surface area contributed by atoms with Crippen LogP contribution in [-0.4, -0.2) is 69.1 Å². The van der Waals surface area contributed by atoms with Crippen LogP contribution in [0.4, 0.5) is 17.2 Å². The van der Waals surface area contributed by atoms with E-state index in [1.807, 2.05) is 12.1 Å². The van der Waals surface area contributed by atoms with Gasteiger partial charge in [-0.3, -0.25) is 14.8 Å². The van der Waals surface area contributed by atoms with E-state index in [4.69, 9.17) is 0 Å². The molecule has 5 rings (SSSR count). The maximum Gasteiger partial charge on any atom is 0.275 e. The Morgan fingerprint density at radius 2 is 1.91 bits per heavy atom. The highest BCUT2D eigenvalue weighted by Gasteiger charge is 2.20. The van der Waals surface area contributed by atoms with Gasteiger partial charge in [-0.15, -0.1) is 0 Å². The Balaban J connectivity index is 1.22. The number of likely N-dealkylation sites (N-methyl/N-ethyl adjacent to an activating group) is 1. The molecule has 0 spiro atoms. The molecule has 166 valence electrons. The number of benzene rings is 1. The lowest BCUT2D eigenvalue weighted by molar-refractivity contribution is 0.102. The molecule has 2 aromatic heterocycles. The fourth-order valence-corrected chi connectivity index (χ4v) is 4.30. The maximum absolute atomic E-state index is 12.9. The van der Waals surface area contributed by atoms with Crippen LogP contribution in [0.25, 0.3) is 0 Å². The van der Waals surface area contributed by atoms with Crippen molar-refractivity contribution in [2.75, 3.05) is 43.9 Å². The van der Waals surface area contributed by atoms with E-state index < -0.39 is 0 Å². The molecular weight excluding hydrogens is 404 g/mol. The number of anilines is 3. The summed E-state index contributed by atoms with van der Waals surface area (Å²) in [5.41, 5.74) is 5.16. The molecule has 3 aromatic rings. The van der Waals surface area contributed by atoms with E-state index in [0.717, 1.165) is 74.7 Å². The number of piperazine rings is 1. The van der Waals surface area contributed by atoms with E-state index in [0.29, 0.717) is 11.4 Å². The SMILES string of the molecule is CN1CCN(Cc2ccc(NC(=O)c3[nH]ncc3Nc3ncnc4c3CCC4)cc2)CC1. The van der Waals surface area contributed by atoms with Crippen molar-refractivity contribution < 1.29 is 4.79 Å². The molecule has 1 aromatic carbocycles. The Morgan fingerprint density at radius 3 is 2.72 bits per heavy atom. The molecule has 1 aliphatic heterocycles. The number of nitrogens with one attached hydrogen (secondary N) is 3. The predicted molar refractivity (Wildman–Crippen MR) is 123 cm³/mol. The van der Waals surface area contributed by atoms with E-state index in [9.17, 15) is 4.79 Å². The second kappa shape index (κ2) is 9.05. The van der Waals surface area contributed by atoms with Gasteiger partial charge in [-0.1, -0.05) is 12.1 Å². The second-order valence-corrected chi connectivity index (χ2v) is 8.52. The number of carbonyl (C=O) groups is 1. The van der Waals surface area contributed by atoms with Crippen molar-refractivity contribution in [1.29, 1.82) is 0 Å². The molecule has 1 fully saturated rings. The molecule has 0 radical (unpaired) electrons. The fraction of sp³-hybridized carbons (Fsp3) is 0.391. The molecule has 9 nitrogen and oxygen atoms in total. The highest BCUT2D eigenvalue weighted by molar-refractivity contribution is 6.06. The molecule has 0 saturated carbocycles. The molecule has 32 heavy (non-hydrogen) atoms. The lowest BCUT2D eigenvalue weighted by Gasteiger charge is -2.32. The third kappa shape index (κ3) is 4.49. The van der Waals surface area contributed by atoms with Crippen molar-refractivity contribution in [3.8, 4) is 0 Å². The van der Waals surface area contributed by atoms with E-state index in [1.165, 1.54) is 5.56 Å². The minimum absolute atomic E-state index is 0.248. The monoisotopic (exact) mass is 432 g/mol. The molecule has 0 atom stereocenters. The van der Waals surface area contributed by atoms with Crippen LogP contribution in [0.1, 0.15) is 33.7 Å². The smallest absolute Gasteiger partial charge is 0.275 e. The second-order valence-electron chi connectivity index (χ2n) is 8.52. The topological polar surface area (TPSA) is 102 Å². The van der Waals surface area contributed by atoms with Gasteiger partial charge >= 0.3 is 0 Å². The van der Waals surface area contributed by atoms with Crippen molar-refractivity contribution >= 4 is 23.1 Å². The van der Waals surface area contributed by atoms with E-state index in [1.54, 1.807) is 12.5 Å². The molecule has 1 amide bonds. The summed E-state index contributed by atoms with van der Waals surface area (Å²) in [6, 6.07) is 8.04. The largest absolute Gasteiger partial charge is 0.337 e. The van der Waals surface area contributed by atoms with Gasteiger partial charge in [-0.25, -0.2) is 9.97 Å². The highest BCUT2D eigenvalue weighted by atomic mass is 16.2. The lowest BCUT2D eigenvalue weighted by Crippen LogP contribution is -2.43. The van der Waals surface area contributed by atoms with Gasteiger partial charge in [0.15, 0.2) is 0 Å². The van der Waals surface area contributed by atoms with Crippen LogP contribution in [0, 0.1) is 0 Å². The number of fused-ring (bicyclic) bond motifs is 1. The minimum Gasteiger partial charge on any atom is -0.337 e. The summed E-state index contributed by atoms with van der Waals surface area (Å²) in [5.74, 6) is 0.499. The number of hydrogen-bond donors (Lipinski definition) is 3. The first-order valence-corrected chi connectivity index (χ1v) is 11.1. The van der Waals surface area contributed by atoms with Crippen LogP contribution >= 0.6 is 0 Å². The summed E-state index contributed by atoms with van der Waals surface area (Å²) in [5, 5.41) is 13.1. The quantitative estimate of drug-likeness (QED) is 0.550. The number of nitrogens with zero attached hydrogens (tertiary/aromatic N) is 5. The zero-order valence-electron chi connectivity index (χ0n) is 18.3. The summed E-state index contributed by atoms with van der Waals surface area (Å²) in [6.07, 6.45) is 6.16. The summed E-state index contributed by atoms with van der Waals surface area (Å²) >= 11 is 0. The summed E-state index contributed by atoms with van der Waals surface area (Å²) in [6.45, 7) is 5.30. The standard InChI is InChI=1S/C23H28N8O/c1-30-9-11-31(12-10-30)14-16-5-7-17(8-6-16)27-23(32)21-20(13-26-29-21)28-22-18-3-2-4-19(18)24-15-25-22/h5-8,13,15H,2-4,9-12,14H2,1H3,(H,26,29)(H,27,32)(H,24,25,28). The number of amides is 1. The van der Waals surface area contributed by atoms with Crippen LogP contribution in [0.15, 0.2) is 36.8 Å². The Kier molecular flexibility index (Phi) is 5.83. The molecule has 9 heteroatoms. The van der Waals surface area contributed by atoms with Gasteiger partial charge in [0, 0.05) is 49.7 Å². The molecule has 1 aliphatic carbocycles. The molecule has 0 bridgehead atoms. The summed E-state index contributed by atoms with van der Waals surface area (Å²) in [4.78, 5) is 26.4. The number of rotatable bonds is 6. The van der Waals surface area contributed by atoms with Gasteiger partial charge in [0.2, 0.25) is 0 Å². The van der Waals surface area contributed by atoms with E-state index >= 15 is 0 Å². The number of aromatic amines is 1. The molecule has 0 unspecified atom stereocenters. The number of H-pyrrole nitrogens is 1. The van der Waals surface area contributed by atoms with Gasteiger partial charge in [0.25, 0.3) is 5.91 Å². The van der Waals surface area contributed by atoms with Crippen molar-refractivity contribution in [1.82, 2.24) is 30.0 Å². The minimum atomic E-state index is -0.248. The number of aryl methyl sites for hydroxylation is 1. The van der Waals surface area contributed by atoms with Crippen LogP contribution in [0.5, 0.6) is 0 Å². The zero-order valence-corrected chi connectivity index (χ0v) is 18.3. The van der Waals surface area contributed by atoms with Gasteiger partial charge < -0.3 is 15.5 Å². The van der Waals surface area contributed by atoms with Crippen LogP contribution < -0.4 is 10.6 Å². The first-order chi connectivity index (χ1) is 15.7. The van der Waals surface area contributed by atoms with Gasteiger partial charge in [-0.05, 0) is 44.0 Å². The Bertz CT molecular complexity index is 1090. The van der Waals surface area contributed by atoms with E-state index in [2.05, 4.69) is 59.8 Å². The van der Waals surface area contributed by atoms with Crippen molar-refractivity contribution in [2.45, 2.75) is 25.8 Å². The molecule has 1 saturated heterocycles. The molecule has 3 heterocycles. The van der Waals surface area contributed by atoms with Crippen LogP contribution in [-0.2, 0) is 19.4 Å². The van der Waals surface area contributed by atoms with Crippen molar-refractivity contribution in [2.24, 2.45) is 0 Å². The molecular formula is C23H28N8O. The fourth-order valence-electron chi connectivity index (χ4n) is 4.30. The average molecular weight is 433 g/mol. The van der Waals surface area contributed by atoms with Gasteiger partial charge in [0.1, 0.15) is 17.8 Å². The lowest BCUT2D eigenvalue weighted by atomic mass is 10.1. The Morgan fingerprint density at radius 1 is 1.09 bits per heavy atom. The van der Waals surface area contributed by atoms with Crippen LogP contribution in [0.3, 0.4) is 0 Å². The summed E-state index contributed by atoms with van der Waals surface area (Å²) in [7, 11) is 2.16. The Labute approximate surface area is 187 Å². The summed E-state index contributed by atoms with van der Waals surface area (Å²) < 4.78 is 0. The number of hydrogen-bond acceptors (Lipinski definition) is 7. The predicted octanol–water partition coefficient (Wildman–Crippen LogP) is 2.43. The number of aromatic nitrogens is 4. The third-order valence-electron chi connectivity index (χ3n) is 6.21.